The zero-order valence-electron chi connectivity index (χ0n) is 12.4. The number of hydrogen-bond acceptors (Lipinski definition) is 5. The van der Waals surface area contributed by atoms with Gasteiger partial charge in [-0.2, -0.15) is 0 Å². The number of nitrogens with zero attached hydrogens (tertiary/aromatic N) is 3. The second-order valence-electron chi connectivity index (χ2n) is 5.42. The highest BCUT2D eigenvalue weighted by Crippen LogP contribution is 2.18. The molecule has 23 heavy (non-hydrogen) atoms. The van der Waals surface area contributed by atoms with E-state index >= 15 is 0 Å². The number of benzene rings is 1. The van der Waals surface area contributed by atoms with E-state index in [1.54, 1.807) is 6.07 Å². The molecule has 0 radical (unpaired) electrons. The molecule has 2 heterocycles. The van der Waals surface area contributed by atoms with E-state index in [1.165, 1.54) is 30.6 Å². The molecule has 0 unspecified atom stereocenters. The van der Waals surface area contributed by atoms with Gasteiger partial charge in [-0.05, 0) is 18.9 Å². The van der Waals surface area contributed by atoms with Crippen LogP contribution < -0.4 is 9.62 Å². The van der Waals surface area contributed by atoms with Gasteiger partial charge in [-0.15, -0.1) is 0 Å². The van der Waals surface area contributed by atoms with Crippen molar-refractivity contribution in [2.75, 3.05) is 22.7 Å². The SMILES string of the molecule is O=S(=O)(Cc1ccccc1F)Nc1cnc(N2CCCC2)nc1. The third-order valence-electron chi connectivity index (χ3n) is 3.60. The van der Waals surface area contributed by atoms with E-state index in [0.29, 0.717) is 5.95 Å². The summed E-state index contributed by atoms with van der Waals surface area (Å²) in [4.78, 5) is 10.4. The van der Waals surface area contributed by atoms with Gasteiger partial charge in [-0.25, -0.2) is 22.8 Å². The Balaban J connectivity index is 1.69. The Kier molecular flexibility index (Phi) is 4.42. The van der Waals surface area contributed by atoms with Crippen molar-refractivity contribution in [2.45, 2.75) is 18.6 Å². The summed E-state index contributed by atoms with van der Waals surface area (Å²) < 4.78 is 40.2. The van der Waals surface area contributed by atoms with Gasteiger partial charge in [-0.3, -0.25) is 4.72 Å². The average Bonchev–Trinajstić information content (AvgIpc) is 3.04. The molecule has 0 saturated carbocycles. The van der Waals surface area contributed by atoms with E-state index in [-0.39, 0.29) is 11.3 Å². The summed E-state index contributed by atoms with van der Waals surface area (Å²) in [5, 5.41) is 0. The lowest BCUT2D eigenvalue weighted by atomic mass is 10.2. The maximum Gasteiger partial charge on any atom is 0.237 e. The van der Waals surface area contributed by atoms with Gasteiger partial charge in [0.1, 0.15) is 5.82 Å². The molecule has 0 amide bonds. The highest BCUT2D eigenvalue weighted by atomic mass is 32.2. The molecule has 1 aliphatic heterocycles. The number of halogens is 1. The van der Waals surface area contributed by atoms with E-state index in [2.05, 4.69) is 19.6 Å². The van der Waals surface area contributed by atoms with Crippen LogP contribution in [0.2, 0.25) is 0 Å². The van der Waals surface area contributed by atoms with Crippen LogP contribution in [0.4, 0.5) is 16.0 Å². The molecule has 1 fully saturated rings. The Morgan fingerprint density at radius 3 is 2.43 bits per heavy atom. The van der Waals surface area contributed by atoms with Gasteiger partial charge >= 0.3 is 0 Å². The first-order chi connectivity index (χ1) is 11.0. The molecule has 0 spiro atoms. The summed E-state index contributed by atoms with van der Waals surface area (Å²) in [6.07, 6.45) is 5.08. The predicted molar refractivity (Wildman–Crippen MR) is 86.1 cm³/mol. The van der Waals surface area contributed by atoms with Crippen LogP contribution in [0.3, 0.4) is 0 Å². The van der Waals surface area contributed by atoms with Crippen molar-refractivity contribution in [1.29, 1.82) is 0 Å². The summed E-state index contributed by atoms with van der Waals surface area (Å²) in [7, 11) is -3.73. The predicted octanol–water partition coefficient (Wildman–Crippen LogP) is 2.16. The summed E-state index contributed by atoms with van der Waals surface area (Å²) in [5.41, 5.74) is 0.388. The number of anilines is 2. The monoisotopic (exact) mass is 336 g/mol. The third-order valence-corrected chi connectivity index (χ3v) is 4.84. The molecular weight excluding hydrogens is 319 g/mol. The van der Waals surface area contributed by atoms with Crippen molar-refractivity contribution in [1.82, 2.24) is 9.97 Å². The minimum Gasteiger partial charge on any atom is -0.341 e. The molecule has 2 aromatic rings. The molecular formula is C15H17FN4O2S. The topological polar surface area (TPSA) is 75.2 Å². The van der Waals surface area contributed by atoms with Crippen molar-refractivity contribution < 1.29 is 12.8 Å². The first-order valence-corrected chi connectivity index (χ1v) is 9.00. The van der Waals surface area contributed by atoms with Crippen LogP contribution in [0.15, 0.2) is 36.7 Å². The van der Waals surface area contributed by atoms with Crippen molar-refractivity contribution in [3.05, 3.63) is 48.0 Å². The van der Waals surface area contributed by atoms with Gasteiger partial charge < -0.3 is 4.90 Å². The lowest BCUT2D eigenvalue weighted by Gasteiger charge is -2.15. The van der Waals surface area contributed by atoms with E-state index in [1.807, 2.05) is 0 Å². The van der Waals surface area contributed by atoms with Crippen molar-refractivity contribution in [3.8, 4) is 0 Å². The number of sulfonamides is 1. The smallest absolute Gasteiger partial charge is 0.237 e. The number of nitrogens with one attached hydrogen (secondary N) is 1. The highest BCUT2D eigenvalue weighted by molar-refractivity contribution is 7.91. The molecule has 1 aliphatic rings. The first kappa shape index (κ1) is 15.7. The molecule has 6 nitrogen and oxygen atoms in total. The Labute approximate surface area is 134 Å². The largest absolute Gasteiger partial charge is 0.341 e. The van der Waals surface area contributed by atoms with Gasteiger partial charge in [-0.1, -0.05) is 18.2 Å². The van der Waals surface area contributed by atoms with Crippen LogP contribution in [-0.4, -0.2) is 31.5 Å². The molecule has 3 rings (SSSR count). The maximum absolute atomic E-state index is 13.6. The fourth-order valence-corrected chi connectivity index (χ4v) is 3.67. The van der Waals surface area contributed by atoms with E-state index in [0.717, 1.165) is 25.9 Å². The molecule has 0 atom stereocenters. The summed E-state index contributed by atoms with van der Waals surface area (Å²) in [6, 6.07) is 5.80. The molecule has 1 aromatic heterocycles. The quantitative estimate of drug-likeness (QED) is 0.905. The van der Waals surface area contributed by atoms with Crippen LogP contribution in [0, 0.1) is 5.82 Å². The van der Waals surface area contributed by atoms with Gasteiger partial charge in [0.25, 0.3) is 0 Å². The summed E-state index contributed by atoms with van der Waals surface area (Å²) >= 11 is 0. The van der Waals surface area contributed by atoms with Gasteiger partial charge in [0.2, 0.25) is 16.0 Å². The van der Waals surface area contributed by atoms with Crippen molar-refractivity contribution in [3.63, 3.8) is 0 Å². The van der Waals surface area contributed by atoms with Gasteiger partial charge in [0.15, 0.2) is 0 Å². The maximum atomic E-state index is 13.6. The molecule has 1 aromatic carbocycles. The first-order valence-electron chi connectivity index (χ1n) is 7.34. The zero-order valence-corrected chi connectivity index (χ0v) is 13.3. The lowest BCUT2D eigenvalue weighted by Crippen LogP contribution is -2.21. The lowest BCUT2D eigenvalue weighted by molar-refractivity contribution is 0.591. The molecule has 1 N–H and O–H groups in total. The molecule has 122 valence electrons. The third kappa shape index (κ3) is 3.95. The minimum atomic E-state index is -3.73. The van der Waals surface area contributed by atoms with Crippen LogP contribution in [0.25, 0.3) is 0 Å². The van der Waals surface area contributed by atoms with Gasteiger partial charge in [0, 0.05) is 18.7 Å². The summed E-state index contributed by atoms with van der Waals surface area (Å²) in [6.45, 7) is 1.83. The molecule has 1 saturated heterocycles. The second-order valence-corrected chi connectivity index (χ2v) is 7.14. The normalized spacial score (nSPS) is 14.9. The fraction of sp³-hybridized carbons (Fsp3) is 0.333. The van der Waals surface area contributed by atoms with Crippen LogP contribution >= 0.6 is 0 Å². The second kappa shape index (κ2) is 6.49. The highest BCUT2D eigenvalue weighted by Gasteiger charge is 2.17. The van der Waals surface area contributed by atoms with Gasteiger partial charge in [0.05, 0.1) is 23.8 Å². The number of rotatable bonds is 5. The zero-order chi connectivity index (χ0) is 16.3. The van der Waals surface area contributed by atoms with Crippen molar-refractivity contribution >= 4 is 21.7 Å². The van der Waals surface area contributed by atoms with Crippen molar-refractivity contribution in [2.24, 2.45) is 0 Å². The molecule has 8 heteroatoms. The average molecular weight is 336 g/mol. The fourth-order valence-electron chi connectivity index (χ4n) is 2.49. The standard InChI is InChI=1S/C15H17FN4O2S/c16-14-6-2-1-5-12(14)11-23(21,22)19-13-9-17-15(18-10-13)20-7-3-4-8-20/h1-2,5-6,9-10,19H,3-4,7-8,11H2. The minimum absolute atomic E-state index is 0.120. The Morgan fingerprint density at radius 1 is 1.13 bits per heavy atom. The summed E-state index contributed by atoms with van der Waals surface area (Å²) in [5.74, 6) is -0.383. The molecule has 0 bridgehead atoms. The van der Waals surface area contributed by atoms with E-state index < -0.39 is 21.6 Å². The Bertz CT molecular complexity index is 774. The van der Waals surface area contributed by atoms with Crippen LogP contribution in [0.1, 0.15) is 18.4 Å². The van der Waals surface area contributed by atoms with Crippen LogP contribution in [0.5, 0.6) is 0 Å². The Morgan fingerprint density at radius 2 is 1.78 bits per heavy atom. The van der Waals surface area contributed by atoms with E-state index in [4.69, 9.17) is 0 Å². The Hall–Kier alpha value is -2.22. The van der Waals surface area contributed by atoms with E-state index in [9.17, 15) is 12.8 Å². The number of aromatic nitrogens is 2. The number of hydrogen-bond donors (Lipinski definition) is 1. The van der Waals surface area contributed by atoms with Crippen LogP contribution in [-0.2, 0) is 15.8 Å². The molecule has 0 aliphatic carbocycles.